The molecule has 0 aliphatic rings. The number of sulfonamides is 1. The number of nitrogens with two attached hydrogens (primary N) is 1. The van der Waals surface area contributed by atoms with Crippen LogP contribution in [0.15, 0.2) is 58.3 Å². The fourth-order valence-corrected chi connectivity index (χ4v) is 3.75. The van der Waals surface area contributed by atoms with Crippen molar-refractivity contribution < 1.29 is 17.6 Å². The lowest BCUT2D eigenvalue weighted by atomic mass is 10.1. The van der Waals surface area contributed by atoms with Crippen molar-refractivity contribution in [3.8, 4) is 0 Å². The van der Waals surface area contributed by atoms with Crippen LogP contribution in [0.3, 0.4) is 0 Å². The number of carbonyl (C=O) groups excluding carboxylic acids is 1. The number of carbonyl (C=O) groups is 1. The Bertz CT molecular complexity index is 870. The van der Waals surface area contributed by atoms with Crippen LogP contribution in [0.4, 0.5) is 4.39 Å². The van der Waals surface area contributed by atoms with E-state index >= 15 is 0 Å². The third-order valence-corrected chi connectivity index (χ3v) is 6.06. The number of hydrogen-bond acceptors (Lipinski definition) is 4. The Morgan fingerprint density at radius 3 is 2.38 bits per heavy atom. The van der Waals surface area contributed by atoms with Gasteiger partial charge in [-0.15, -0.1) is 11.8 Å². The van der Waals surface area contributed by atoms with Crippen LogP contribution in [-0.2, 0) is 14.8 Å². The zero-order valence-corrected chi connectivity index (χ0v) is 16.2. The Morgan fingerprint density at radius 2 is 1.81 bits per heavy atom. The van der Waals surface area contributed by atoms with Gasteiger partial charge in [-0.3, -0.25) is 4.79 Å². The molecule has 0 aliphatic carbocycles. The van der Waals surface area contributed by atoms with Gasteiger partial charge in [0, 0.05) is 24.1 Å². The lowest BCUT2D eigenvalue weighted by molar-refractivity contribution is -0.131. The second kappa shape index (κ2) is 8.66. The van der Waals surface area contributed by atoms with Crippen molar-refractivity contribution in [2.45, 2.75) is 29.2 Å². The first-order chi connectivity index (χ1) is 12.2. The molecule has 0 radical (unpaired) electrons. The summed E-state index contributed by atoms with van der Waals surface area (Å²) in [5.74, 6) is 0.111. The van der Waals surface area contributed by atoms with Crippen molar-refractivity contribution in [1.29, 1.82) is 0 Å². The highest BCUT2D eigenvalue weighted by atomic mass is 32.2. The smallest absolute Gasteiger partial charge is 0.238 e. The van der Waals surface area contributed by atoms with Gasteiger partial charge in [-0.25, -0.2) is 17.9 Å². The van der Waals surface area contributed by atoms with Crippen LogP contribution in [0.25, 0.3) is 0 Å². The molecule has 0 saturated carbocycles. The summed E-state index contributed by atoms with van der Waals surface area (Å²) in [7, 11) is -2.05. The summed E-state index contributed by atoms with van der Waals surface area (Å²) < 4.78 is 36.2. The molecular formula is C18H21FN2O3S2. The fourth-order valence-electron chi connectivity index (χ4n) is 2.36. The summed E-state index contributed by atoms with van der Waals surface area (Å²) in [5.41, 5.74) is 0.801. The van der Waals surface area contributed by atoms with Gasteiger partial charge >= 0.3 is 0 Å². The van der Waals surface area contributed by atoms with Crippen molar-refractivity contribution in [3.63, 3.8) is 0 Å². The molecule has 2 aromatic carbocycles. The maximum absolute atomic E-state index is 13.6. The summed E-state index contributed by atoms with van der Waals surface area (Å²) in [6, 6.07) is 12.4. The van der Waals surface area contributed by atoms with E-state index in [1.165, 1.54) is 30.0 Å². The molecule has 8 heteroatoms. The molecule has 0 bridgehead atoms. The van der Waals surface area contributed by atoms with Crippen molar-refractivity contribution in [2.75, 3.05) is 12.8 Å². The normalized spacial score (nSPS) is 12.6. The first-order valence-electron chi connectivity index (χ1n) is 7.96. The van der Waals surface area contributed by atoms with Gasteiger partial charge in [0.05, 0.1) is 10.9 Å². The standard InChI is InChI=1S/C18H21FN2O3S2/c1-13(14-7-9-15(10-8-14)26(20,23)24)21(2)18(22)11-12-25-17-6-4-3-5-16(17)19/h3-10,13H,11-12H2,1-2H3,(H2,20,23,24). The number of benzene rings is 2. The van der Waals surface area contributed by atoms with E-state index in [1.54, 1.807) is 42.3 Å². The fraction of sp³-hybridized carbons (Fsp3) is 0.278. The molecule has 1 unspecified atom stereocenters. The monoisotopic (exact) mass is 396 g/mol. The van der Waals surface area contributed by atoms with E-state index < -0.39 is 10.0 Å². The first kappa shape index (κ1) is 20.4. The molecule has 2 aromatic rings. The topological polar surface area (TPSA) is 80.5 Å². The summed E-state index contributed by atoms with van der Waals surface area (Å²) >= 11 is 1.30. The lowest BCUT2D eigenvalue weighted by Gasteiger charge is -2.25. The minimum absolute atomic E-state index is 0.0312. The number of thioether (sulfide) groups is 1. The quantitative estimate of drug-likeness (QED) is 0.729. The molecule has 0 aromatic heterocycles. The predicted molar refractivity (Wildman–Crippen MR) is 101 cm³/mol. The van der Waals surface area contributed by atoms with Gasteiger partial charge in [-0.2, -0.15) is 0 Å². The number of hydrogen-bond donors (Lipinski definition) is 1. The molecule has 5 nitrogen and oxygen atoms in total. The molecule has 0 saturated heterocycles. The predicted octanol–water partition coefficient (Wildman–Crippen LogP) is 3.17. The van der Waals surface area contributed by atoms with E-state index in [1.807, 2.05) is 6.92 Å². The van der Waals surface area contributed by atoms with Crippen LogP contribution in [0.2, 0.25) is 0 Å². The molecule has 0 heterocycles. The summed E-state index contributed by atoms with van der Waals surface area (Å²) in [6.45, 7) is 1.86. The van der Waals surface area contributed by atoms with Crippen LogP contribution in [-0.4, -0.2) is 32.0 Å². The third-order valence-electron chi connectivity index (χ3n) is 4.08. The van der Waals surface area contributed by atoms with E-state index in [0.29, 0.717) is 10.6 Å². The van der Waals surface area contributed by atoms with E-state index in [2.05, 4.69) is 0 Å². The SMILES string of the molecule is CC(c1ccc(S(N)(=O)=O)cc1)N(C)C(=O)CCSc1ccccc1F. The van der Waals surface area contributed by atoms with Crippen LogP contribution in [0.1, 0.15) is 24.9 Å². The van der Waals surface area contributed by atoms with Gasteiger partial charge in [-0.05, 0) is 36.8 Å². The Kier molecular flexibility index (Phi) is 6.80. The van der Waals surface area contributed by atoms with E-state index in [4.69, 9.17) is 5.14 Å². The maximum Gasteiger partial charge on any atom is 0.238 e. The highest BCUT2D eigenvalue weighted by Crippen LogP contribution is 2.24. The molecule has 1 amide bonds. The van der Waals surface area contributed by atoms with Gasteiger partial charge in [0.25, 0.3) is 0 Å². The van der Waals surface area contributed by atoms with E-state index in [9.17, 15) is 17.6 Å². The van der Waals surface area contributed by atoms with Gasteiger partial charge in [0.15, 0.2) is 0 Å². The van der Waals surface area contributed by atoms with Crippen molar-refractivity contribution in [2.24, 2.45) is 5.14 Å². The Morgan fingerprint density at radius 1 is 1.19 bits per heavy atom. The minimum Gasteiger partial charge on any atom is -0.339 e. The minimum atomic E-state index is -3.74. The third kappa shape index (κ3) is 5.30. The lowest BCUT2D eigenvalue weighted by Crippen LogP contribution is -2.29. The molecule has 1 atom stereocenters. The largest absolute Gasteiger partial charge is 0.339 e. The summed E-state index contributed by atoms with van der Waals surface area (Å²) in [5, 5.41) is 5.08. The second-order valence-electron chi connectivity index (χ2n) is 5.82. The summed E-state index contributed by atoms with van der Waals surface area (Å²) in [4.78, 5) is 14.5. The van der Waals surface area contributed by atoms with Crippen LogP contribution in [0, 0.1) is 5.82 Å². The van der Waals surface area contributed by atoms with Crippen molar-refractivity contribution >= 4 is 27.7 Å². The average molecular weight is 397 g/mol. The Balaban J connectivity index is 1.93. The van der Waals surface area contributed by atoms with Crippen LogP contribution in [0.5, 0.6) is 0 Å². The highest BCUT2D eigenvalue weighted by molar-refractivity contribution is 7.99. The van der Waals surface area contributed by atoms with Gasteiger partial charge in [0.1, 0.15) is 5.82 Å². The molecule has 26 heavy (non-hydrogen) atoms. The molecular weight excluding hydrogens is 375 g/mol. The van der Waals surface area contributed by atoms with Crippen LogP contribution < -0.4 is 5.14 Å². The van der Waals surface area contributed by atoms with E-state index in [-0.39, 0.29) is 29.1 Å². The van der Waals surface area contributed by atoms with Crippen molar-refractivity contribution in [3.05, 3.63) is 59.9 Å². The number of rotatable bonds is 7. The Hall–Kier alpha value is -1.90. The summed E-state index contributed by atoms with van der Waals surface area (Å²) in [6.07, 6.45) is 0.273. The van der Waals surface area contributed by atoms with Crippen LogP contribution >= 0.6 is 11.8 Å². The second-order valence-corrected chi connectivity index (χ2v) is 8.52. The molecule has 0 spiro atoms. The number of halogens is 1. The average Bonchev–Trinajstić information content (AvgIpc) is 2.61. The Labute approximate surface area is 157 Å². The molecule has 0 aliphatic heterocycles. The number of nitrogens with zero attached hydrogens (tertiary/aromatic N) is 1. The highest BCUT2D eigenvalue weighted by Gasteiger charge is 2.18. The van der Waals surface area contributed by atoms with Gasteiger partial charge in [0.2, 0.25) is 15.9 Å². The number of amides is 1. The maximum atomic E-state index is 13.6. The molecule has 140 valence electrons. The molecule has 2 rings (SSSR count). The zero-order chi connectivity index (χ0) is 19.3. The van der Waals surface area contributed by atoms with E-state index in [0.717, 1.165) is 5.56 Å². The van der Waals surface area contributed by atoms with Gasteiger partial charge < -0.3 is 4.90 Å². The molecule has 2 N–H and O–H groups in total. The van der Waals surface area contributed by atoms with Gasteiger partial charge in [-0.1, -0.05) is 24.3 Å². The zero-order valence-electron chi connectivity index (χ0n) is 14.6. The van der Waals surface area contributed by atoms with Crippen molar-refractivity contribution in [1.82, 2.24) is 4.90 Å². The molecule has 0 fully saturated rings. The first-order valence-corrected chi connectivity index (χ1v) is 10.5. The number of primary sulfonamides is 1.